The average Bonchev–Trinajstić information content (AvgIpc) is 2.13. The Bertz CT molecular complexity index is 355. The van der Waals surface area contributed by atoms with E-state index in [4.69, 9.17) is 4.84 Å². The number of phenolic OH excluding ortho intramolecular Hbond substituents is 1. The lowest BCUT2D eigenvalue weighted by Crippen LogP contribution is -2.31. The van der Waals surface area contributed by atoms with Crippen LogP contribution in [0, 0.1) is 6.92 Å². The zero-order chi connectivity index (χ0) is 12.3. The van der Waals surface area contributed by atoms with Gasteiger partial charge in [0.1, 0.15) is 5.75 Å². The second-order valence-electron chi connectivity index (χ2n) is 5.12. The summed E-state index contributed by atoms with van der Waals surface area (Å²) in [7, 11) is 0. The Morgan fingerprint density at radius 3 is 2.44 bits per heavy atom. The van der Waals surface area contributed by atoms with Crippen molar-refractivity contribution in [2.75, 3.05) is 0 Å². The van der Waals surface area contributed by atoms with Gasteiger partial charge in [0.2, 0.25) is 0 Å². The highest BCUT2D eigenvalue weighted by Gasteiger charge is 2.15. The molecule has 0 heterocycles. The van der Waals surface area contributed by atoms with E-state index in [2.05, 4.69) is 5.48 Å². The Kier molecular flexibility index (Phi) is 3.94. The van der Waals surface area contributed by atoms with E-state index in [0.717, 1.165) is 11.1 Å². The molecule has 1 aromatic rings. The Labute approximate surface area is 97.4 Å². The fourth-order valence-electron chi connectivity index (χ4n) is 1.35. The molecule has 0 aromatic heterocycles. The van der Waals surface area contributed by atoms with Crippen molar-refractivity contribution in [2.45, 2.75) is 46.3 Å². The van der Waals surface area contributed by atoms with Gasteiger partial charge in [0.15, 0.2) is 0 Å². The Balaban J connectivity index is 2.70. The van der Waals surface area contributed by atoms with E-state index in [-0.39, 0.29) is 11.6 Å². The van der Waals surface area contributed by atoms with Crippen molar-refractivity contribution in [3.63, 3.8) is 0 Å². The lowest BCUT2D eigenvalue weighted by molar-refractivity contribution is -0.0868. The molecule has 90 valence electrons. The first kappa shape index (κ1) is 13.0. The van der Waals surface area contributed by atoms with Crippen molar-refractivity contribution in [1.29, 1.82) is 0 Å². The molecule has 3 heteroatoms. The molecule has 1 aromatic carbocycles. The first-order chi connectivity index (χ1) is 7.29. The number of rotatable bonds is 3. The Hall–Kier alpha value is -1.06. The second kappa shape index (κ2) is 4.85. The summed E-state index contributed by atoms with van der Waals surface area (Å²) in [6.07, 6.45) is 0. The molecule has 0 radical (unpaired) electrons. The third kappa shape index (κ3) is 3.83. The van der Waals surface area contributed by atoms with E-state index in [0.29, 0.717) is 5.75 Å². The molecule has 0 fully saturated rings. The van der Waals surface area contributed by atoms with Crippen LogP contribution in [0.15, 0.2) is 18.2 Å². The summed E-state index contributed by atoms with van der Waals surface area (Å²) in [6.45, 7) is 9.83. The summed E-state index contributed by atoms with van der Waals surface area (Å²) >= 11 is 0. The van der Waals surface area contributed by atoms with Gasteiger partial charge in [-0.1, -0.05) is 12.1 Å². The number of aryl methyl sites for hydroxylation is 1. The van der Waals surface area contributed by atoms with Gasteiger partial charge in [-0.2, -0.15) is 5.48 Å². The lowest BCUT2D eigenvalue weighted by atomic mass is 10.1. The van der Waals surface area contributed by atoms with E-state index in [1.165, 1.54) is 0 Å². The van der Waals surface area contributed by atoms with Crippen LogP contribution >= 0.6 is 0 Å². The van der Waals surface area contributed by atoms with Crippen LogP contribution < -0.4 is 5.48 Å². The molecule has 0 saturated carbocycles. The molecular weight excluding hydrogens is 202 g/mol. The molecule has 0 bridgehead atoms. The minimum atomic E-state index is -0.241. The van der Waals surface area contributed by atoms with Crippen LogP contribution in [0.25, 0.3) is 0 Å². The molecule has 0 saturated heterocycles. The van der Waals surface area contributed by atoms with Gasteiger partial charge >= 0.3 is 0 Å². The maximum Gasteiger partial charge on any atom is 0.120 e. The number of hydrogen-bond acceptors (Lipinski definition) is 3. The molecule has 0 spiro atoms. The van der Waals surface area contributed by atoms with Gasteiger partial charge in [-0.3, -0.25) is 4.84 Å². The molecule has 0 aliphatic heterocycles. The summed E-state index contributed by atoms with van der Waals surface area (Å²) in [6, 6.07) is 5.60. The zero-order valence-corrected chi connectivity index (χ0v) is 10.7. The van der Waals surface area contributed by atoms with Crippen LogP contribution in [0.1, 0.15) is 44.9 Å². The molecule has 1 unspecified atom stereocenters. The first-order valence-corrected chi connectivity index (χ1v) is 5.52. The van der Waals surface area contributed by atoms with E-state index in [1.54, 1.807) is 6.07 Å². The number of benzene rings is 1. The third-order valence-electron chi connectivity index (χ3n) is 2.19. The molecular formula is C13H21NO2. The van der Waals surface area contributed by atoms with Crippen molar-refractivity contribution in [3.8, 4) is 5.75 Å². The summed E-state index contributed by atoms with van der Waals surface area (Å²) in [5.41, 5.74) is 4.59. The van der Waals surface area contributed by atoms with E-state index in [9.17, 15) is 5.11 Å². The number of phenols is 1. The van der Waals surface area contributed by atoms with Crippen LogP contribution in [-0.4, -0.2) is 10.7 Å². The quantitative estimate of drug-likeness (QED) is 0.774. The Morgan fingerprint density at radius 2 is 1.94 bits per heavy atom. The minimum absolute atomic E-state index is 0.0418. The molecule has 16 heavy (non-hydrogen) atoms. The highest BCUT2D eigenvalue weighted by Crippen LogP contribution is 2.25. The molecule has 0 aliphatic rings. The van der Waals surface area contributed by atoms with Crippen LogP contribution in [0.2, 0.25) is 0 Å². The van der Waals surface area contributed by atoms with E-state index < -0.39 is 0 Å². The highest BCUT2D eigenvalue weighted by molar-refractivity contribution is 5.37. The molecule has 0 aliphatic carbocycles. The molecule has 1 rings (SSSR count). The topological polar surface area (TPSA) is 41.5 Å². The monoisotopic (exact) mass is 223 g/mol. The summed E-state index contributed by atoms with van der Waals surface area (Å²) in [5, 5.41) is 9.80. The van der Waals surface area contributed by atoms with Gasteiger partial charge in [-0.05, 0) is 46.2 Å². The Morgan fingerprint density at radius 1 is 1.31 bits per heavy atom. The van der Waals surface area contributed by atoms with Gasteiger partial charge in [0, 0.05) is 5.56 Å². The summed E-state index contributed by atoms with van der Waals surface area (Å²) < 4.78 is 0. The van der Waals surface area contributed by atoms with E-state index >= 15 is 0 Å². The predicted octanol–water partition coefficient (Wildman–Crippen LogP) is 3.08. The average molecular weight is 223 g/mol. The first-order valence-electron chi connectivity index (χ1n) is 5.52. The van der Waals surface area contributed by atoms with Gasteiger partial charge in [-0.25, -0.2) is 0 Å². The van der Waals surface area contributed by atoms with Crippen molar-refractivity contribution in [1.82, 2.24) is 5.48 Å². The van der Waals surface area contributed by atoms with Crippen molar-refractivity contribution in [3.05, 3.63) is 29.3 Å². The fourth-order valence-corrected chi connectivity index (χ4v) is 1.35. The molecule has 3 nitrogen and oxygen atoms in total. The van der Waals surface area contributed by atoms with Gasteiger partial charge in [0.05, 0.1) is 11.6 Å². The molecule has 1 atom stereocenters. The molecule has 0 amide bonds. The maximum absolute atomic E-state index is 9.80. The van der Waals surface area contributed by atoms with Crippen LogP contribution in [0.3, 0.4) is 0 Å². The normalized spacial score (nSPS) is 13.8. The zero-order valence-electron chi connectivity index (χ0n) is 10.7. The van der Waals surface area contributed by atoms with Crippen molar-refractivity contribution >= 4 is 0 Å². The third-order valence-corrected chi connectivity index (χ3v) is 2.19. The lowest BCUT2D eigenvalue weighted by Gasteiger charge is -2.23. The minimum Gasteiger partial charge on any atom is -0.508 e. The standard InChI is InChI=1S/C13H21NO2/c1-9-6-7-11(12(15)8-9)10(2)14-16-13(3,4)5/h6-8,10,14-15H,1-5H3. The van der Waals surface area contributed by atoms with Gasteiger partial charge in [0.25, 0.3) is 0 Å². The fraction of sp³-hybridized carbons (Fsp3) is 0.538. The second-order valence-corrected chi connectivity index (χ2v) is 5.12. The molecule has 2 N–H and O–H groups in total. The largest absolute Gasteiger partial charge is 0.508 e. The van der Waals surface area contributed by atoms with Gasteiger partial charge < -0.3 is 5.11 Å². The summed E-state index contributed by atoms with van der Waals surface area (Å²) in [4.78, 5) is 5.47. The van der Waals surface area contributed by atoms with Crippen LogP contribution in [-0.2, 0) is 4.84 Å². The van der Waals surface area contributed by atoms with Crippen LogP contribution in [0.4, 0.5) is 0 Å². The van der Waals surface area contributed by atoms with Crippen LogP contribution in [0.5, 0.6) is 5.75 Å². The van der Waals surface area contributed by atoms with Gasteiger partial charge in [-0.15, -0.1) is 0 Å². The SMILES string of the molecule is Cc1ccc(C(C)NOC(C)(C)C)c(O)c1. The van der Waals surface area contributed by atoms with Crippen molar-refractivity contribution < 1.29 is 9.94 Å². The highest BCUT2D eigenvalue weighted by atomic mass is 16.7. The number of aromatic hydroxyl groups is 1. The smallest absolute Gasteiger partial charge is 0.120 e. The maximum atomic E-state index is 9.80. The summed E-state index contributed by atoms with van der Waals surface area (Å²) in [5.74, 6) is 0.303. The van der Waals surface area contributed by atoms with Crippen molar-refractivity contribution in [2.24, 2.45) is 0 Å². The van der Waals surface area contributed by atoms with E-state index in [1.807, 2.05) is 46.8 Å². The number of hydrogen-bond donors (Lipinski definition) is 2. The number of hydroxylamine groups is 1. The predicted molar refractivity (Wildman–Crippen MR) is 65.2 cm³/mol. The number of nitrogens with one attached hydrogen (secondary N) is 1.